The monoisotopic (exact) mass is 358 g/mol. The number of hydrogen-bond acceptors (Lipinski definition) is 4. The van der Waals surface area contributed by atoms with Crippen LogP contribution in [0.25, 0.3) is 11.1 Å². The second-order valence-corrected chi connectivity index (χ2v) is 6.88. The number of nitrogens with zero attached hydrogens (tertiary/aromatic N) is 3. The maximum atomic E-state index is 14.1. The first-order chi connectivity index (χ1) is 11.9. The third-order valence-corrected chi connectivity index (χ3v) is 5.06. The minimum absolute atomic E-state index is 0.112. The number of pyridine rings is 1. The van der Waals surface area contributed by atoms with Gasteiger partial charge in [-0.05, 0) is 42.0 Å². The fraction of sp³-hybridized carbons (Fsp3) is 0.278. The zero-order valence-corrected chi connectivity index (χ0v) is 14.3. The fourth-order valence-corrected chi connectivity index (χ4v) is 3.56. The van der Waals surface area contributed by atoms with E-state index in [0.29, 0.717) is 16.1 Å². The molecule has 1 aromatic heterocycles. The molecule has 2 aliphatic rings. The zero-order valence-electron chi connectivity index (χ0n) is 13.5. The van der Waals surface area contributed by atoms with E-state index in [2.05, 4.69) is 9.98 Å². The summed E-state index contributed by atoms with van der Waals surface area (Å²) >= 11 is 5.95. The van der Waals surface area contributed by atoms with Crippen LogP contribution >= 0.6 is 11.6 Å². The number of aliphatic imine (C=N–C) groups is 1. The molecule has 0 saturated heterocycles. The van der Waals surface area contributed by atoms with E-state index >= 15 is 0 Å². The Morgan fingerprint density at radius 1 is 1.36 bits per heavy atom. The number of carbonyl (C=O) groups excluding carboxylic acids is 1. The lowest BCUT2D eigenvalue weighted by Crippen LogP contribution is -2.41. The lowest BCUT2D eigenvalue weighted by Gasteiger charge is -2.25. The van der Waals surface area contributed by atoms with Crippen LogP contribution in [0.15, 0.2) is 41.5 Å². The van der Waals surface area contributed by atoms with Crippen molar-refractivity contribution >= 4 is 23.5 Å². The maximum Gasteiger partial charge on any atom is 0.261 e. The number of guanidine groups is 1. The van der Waals surface area contributed by atoms with E-state index < -0.39 is 11.5 Å². The van der Waals surface area contributed by atoms with Gasteiger partial charge < -0.3 is 5.73 Å². The predicted molar refractivity (Wildman–Crippen MR) is 93.4 cm³/mol. The third kappa shape index (κ3) is 2.40. The molecule has 1 amide bonds. The molecule has 2 aromatic rings. The number of amides is 1. The molecule has 2 N–H and O–H groups in total. The minimum atomic E-state index is -1.02. The third-order valence-electron chi connectivity index (χ3n) is 4.85. The number of carbonyl (C=O) groups is 1. The summed E-state index contributed by atoms with van der Waals surface area (Å²) < 4.78 is 14.1. The first-order valence-electron chi connectivity index (χ1n) is 7.99. The lowest BCUT2D eigenvalue weighted by atomic mass is 9.83. The number of benzene rings is 1. The molecule has 25 heavy (non-hydrogen) atoms. The van der Waals surface area contributed by atoms with Gasteiger partial charge in [0.15, 0.2) is 11.5 Å². The number of aromatic nitrogens is 1. The largest absolute Gasteiger partial charge is 0.369 e. The molecule has 1 atom stereocenters. The van der Waals surface area contributed by atoms with Gasteiger partial charge >= 0.3 is 0 Å². The van der Waals surface area contributed by atoms with E-state index in [0.717, 1.165) is 12.8 Å². The standard InChI is InChI=1S/C18H16ClFN4O/c1-24-16(25)18(11-5-6-11,23-17(24)21)12-4-2-3-10(7-12)14-8-13(19)9-22-15(14)20/h2-4,7-9,11H,5-6H2,1H3,(H2,21,23)/t18-/m1/s1. The van der Waals surface area contributed by atoms with Crippen LogP contribution in [0.5, 0.6) is 0 Å². The summed E-state index contributed by atoms with van der Waals surface area (Å²) in [6.07, 6.45) is 3.08. The average Bonchev–Trinajstić information content (AvgIpc) is 3.42. The van der Waals surface area contributed by atoms with E-state index in [1.165, 1.54) is 17.2 Å². The van der Waals surface area contributed by atoms with Gasteiger partial charge in [-0.15, -0.1) is 0 Å². The molecule has 7 heteroatoms. The Balaban J connectivity index is 1.87. The van der Waals surface area contributed by atoms with Crippen molar-refractivity contribution < 1.29 is 9.18 Å². The van der Waals surface area contributed by atoms with Crippen molar-refractivity contribution in [3.05, 3.63) is 53.1 Å². The van der Waals surface area contributed by atoms with Gasteiger partial charge in [-0.1, -0.05) is 29.8 Å². The number of halogens is 2. The molecule has 5 nitrogen and oxygen atoms in total. The summed E-state index contributed by atoms with van der Waals surface area (Å²) in [5.74, 6) is -0.437. The molecule has 1 aliphatic heterocycles. The van der Waals surface area contributed by atoms with Crippen LogP contribution in [-0.4, -0.2) is 28.8 Å². The quantitative estimate of drug-likeness (QED) is 0.857. The Bertz CT molecular complexity index is 912. The summed E-state index contributed by atoms with van der Waals surface area (Å²) in [4.78, 5) is 22.5. The molecule has 1 aromatic carbocycles. The molecular formula is C18H16ClFN4O. The van der Waals surface area contributed by atoms with Crippen molar-refractivity contribution in [1.29, 1.82) is 0 Å². The van der Waals surface area contributed by atoms with Crippen LogP contribution < -0.4 is 5.73 Å². The smallest absolute Gasteiger partial charge is 0.261 e. The second-order valence-electron chi connectivity index (χ2n) is 6.45. The van der Waals surface area contributed by atoms with Gasteiger partial charge in [0, 0.05) is 18.8 Å². The maximum absolute atomic E-state index is 14.1. The van der Waals surface area contributed by atoms with Gasteiger partial charge in [-0.25, -0.2) is 9.98 Å². The summed E-state index contributed by atoms with van der Waals surface area (Å²) in [6.45, 7) is 0. The summed E-state index contributed by atoms with van der Waals surface area (Å²) in [5, 5.41) is 0.345. The summed E-state index contributed by atoms with van der Waals surface area (Å²) in [7, 11) is 1.62. The highest BCUT2D eigenvalue weighted by molar-refractivity contribution is 6.30. The van der Waals surface area contributed by atoms with Gasteiger partial charge in [-0.3, -0.25) is 9.69 Å². The second kappa shape index (κ2) is 5.52. The molecule has 128 valence electrons. The molecular weight excluding hydrogens is 343 g/mol. The highest BCUT2D eigenvalue weighted by Gasteiger charge is 2.57. The van der Waals surface area contributed by atoms with Crippen molar-refractivity contribution in [2.24, 2.45) is 16.6 Å². The van der Waals surface area contributed by atoms with Crippen molar-refractivity contribution in [3.8, 4) is 11.1 Å². The van der Waals surface area contributed by atoms with Gasteiger partial charge in [0.05, 0.1) is 5.02 Å². The molecule has 1 aliphatic carbocycles. The van der Waals surface area contributed by atoms with Gasteiger partial charge in [0.25, 0.3) is 5.91 Å². The Labute approximate surface area is 149 Å². The van der Waals surface area contributed by atoms with Crippen molar-refractivity contribution in [1.82, 2.24) is 9.88 Å². The van der Waals surface area contributed by atoms with Crippen molar-refractivity contribution in [3.63, 3.8) is 0 Å². The average molecular weight is 359 g/mol. The predicted octanol–water partition coefficient (Wildman–Crippen LogP) is 2.93. The molecule has 0 bridgehead atoms. The van der Waals surface area contributed by atoms with Crippen LogP contribution in [-0.2, 0) is 10.3 Å². The van der Waals surface area contributed by atoms with Crippen LogP contribution in [0.1, 0.15) is 18.4 Å². The highest BCUT2D eigenvalue weighted by atomic mass is 35.5. The molecule has 1 saturated carbocycles. The van der Waals surface area contributed by atoms with E-state index in [1.54, 1.807) is 25.2 Å². The molecule has 2 heterocycles. The van der Waals surface area contributed by atoms with E-state index in [9.17, 15) is 9.18 Å². The number of hydrogen-bond donors (Lipinski definition) is 1. The fourth-order valence-electron chi connectivity index (χ4n) is 3.40. The summed E-state index contributed by atoms with van der Waals surface area (Å²) in [6, 6.07) is 8.68. The van der Waals surface area contributed by atoms with Crippen LogP contribution in [0.3, 0.4) is 0 Å². The van der Waals surface area contributed by atoms with E-state index in [1.807, 2.05) is 6.07 Å². The van der Waals surface area contributed by atoms with Crippen molar-refractivity contribution in [2.75, 3.05) is 7.05 Å². The zero-order chi connectivity index (χ0) is 17.8. The van der Waals surface area contributed by atoms with Gasteiger partial charge in [0.2, 0.25) is 5.95 Å². The Kier molecular flexibility index (Phi) is 3.54. The van der Waals surface area contributed by atoms with E-state index in [-0.39, 0.29) is 23.3 Å². The van der Waals surface area contributed by atoms with E-state index in [4.69, 9.17) is 17.3 Å². The summed E-state index contributed by atoms with van der Waals surface area (Å²) in [5.41, 5.74) is 6.49. The molecule has 1 fully saturated rings. The van der Waals surface area contributed by atoms with Crippen LogP contribution in [0, 0.1) is 11.9 Å². The molecule has 0 unspecified atom stereocenters. The number of likely N-dealkylation sites (N-methyl/N-ethyl adjacent to an activating group) is 1. The first-order valence-corrected chi connectivity index (χ1v) is 8.36. The van der Waals surface area contributed by atoms with Gasteiger partial charge in [0.1, 0.15) is 0 Å². The lowest BCUT2D eigenvalue weighted by molar-refractivity contribution is -0.131. The number of nitrogens with two attached hydrogens (primary N) is 1. The highest BCUT2D eigenvalue weighted by Crippen LogP contribution is 2.51. The van der Waals surface area contributed by atoms with Gasteiger partial charge in [-0.2, -0.15) is 4.39 Å². The normalized spacial score (nSPS) is 23.1. The topological polar surface area (TPSA) is 71.6 Å². The molecule has 4 rings (SSSR count). The minimum Gasteiger partial charge on any atom is -0.369 e. The van der Waals surface area contributed by atoms with Crippen molar-refractivity contribution in [2.45, 2.75) is 18.4 Å². The first kappa shape index (κ1) is 16.0. The number of rotatable bonds is 3. The SMILES string of the molecule is CN1C(=O)[C@](c2cccc(-c3cc(Cl)cnc3F)c2)(C2CC2)N=C1N. The van der Waals surface area contributed by atoms with Crippen LogP contribution in [0.2, 0.25) is 5.02 Å². The Morgan fingerprint density at radius 2 is 2.12 bits per heavy atom. The molecule has 0 radical (unpaired) electrons. The van der Waals surface area contributed by atoms with Crippen LogP contribution in [0.4, 0.5) is 4.39 Å². The molecule has 0 spiro atoms. The Hall–Kier alpha value is -2.47. The Morgan fingerprint density at radius 3 is 2.76 bits per heavy atom.